The van der Waals surface area contributed by atoms with Crippen LogP contribution in [0.2, 0.25) is 0 Å². The maximum atomic E-state index is 12.6. The van der Waals surface area contributed by atoms with E-state index in [2.05, 4.69) is 25.9 Å². The molecule has 0 aliphatic carbocycles. The molecular formula is C20H27N5O2. The van der Waals surface area contributed by atoms with Gasteiger partial charge in [-0.25, -0.2) is 4.98 Å². The molecule has 4 rings (SSSR count). The number of likely N-dealkylation sites (tertiary alicyclic amines) is 1. The molecule has 7 nitrogen and oxygen atoms in total. The quantitative estimate of drug-likeness (QED) is 0.891. The molecule has 2 aliphatic rings. The van der Waals surface area contributed by atoms with E-state index in [0.29, 0.717) is 26.1 Å². The highest BCUT2D eigenvalue weighted by Crippen LogP contribution is 2.31. The summed E-state index contributed by atoms with van der Waals surface area (Å²) < 4.78 is 6.26. The lowest BCUT2D eigenvalue weighted by Crippen LogP contribution is -2.51. The van der Waals surface area contributed by atoms with Crippen LogP contribution in [-0.2, 0) is 22.6 Å². The van der Waals surface area contributed by atoms with Gasteiger partial charge in [0.1, 0.15) is 5.82 Å². The molecule has 0 bridgehead atoms. The lowest BCUT2D eigenvalue weighted by atomic mass is 9.90. The van der Waals surface area contributed by atoms with Gasteiger partial charge in [0.05, 0.1) is 31.7 Å². The normalized spacial score (nSPS) is 20.8. The minimum atomic E-state index is -0.234. The molecule has 7 heteroatoms. The SMILES string of the molecule is Cc1ncccc1CN1CC2(CCN(Cc3ncc[nH]3)CC2)OCCC1=O. The highest BCUT2D eigenvalue weighted by Gasteiger charge is 2.40. The zero-order chi connectivity index (χ0) is 18.7. The molecule has 2 aliphatic heterocycles. The van der Waals surface area contributed by atoms with Crippen molar-refractivity contribution in [3.05, 3.63) is 47.8 Å². The van der Waals surface area contributed by atoms with Crippen molar-refractivity contribution in [2.45, 2.75) is 44.9 Å². The number of H-pyrrole nitrogens is 1. The van der Waals surface area contributed by atoms with Gasteiger partial charge >= 0.3 is 0 Å². The molecule has 2 fully saturated rings. The molecule has 0 radical (unpaired) electrons. The average Bonchev–Trinajstić information content (AvgIpc) is 3.13. The molecule has 0 saturated carbocycles. The zero-order valence-corrected chi connectivity index (χ0v) is 15.9. The van der Waals surface area contributed by atoms with Gasteiger partial charge in [-0.2, -0.15) is 0 Å². The Bertz CT molecular complexity index is 768. The second-order valence-electron chi connectivity index (χ2n) is 7.59. The molecule has 1 spiro atoms. The van der Waals surface area contributed by atoms with Gasteiger partial charge in [0.15, 0.2) is 0 Å². The number of nitrogens with one attached hydrogen (secondary N) is 1. The number of carbonyl (C=O) groups is 1. The Balaban J connectivity index is 1.42. The molecular weight excluding hydrogens is 342 g/mol. The highest BCUT2D eigenvalue weighted by atomic mass is 16.5. The number of hydrogen-bond donors (Lipinski definition) is 1. The van der Waals surface area contributed by atoms with Gasteiger partial charge in [-0.3, -0.25) is 14.7 Å². The minimum Gasteiger partial charge on any atom is -0.373 e. The number of imidazole rings is 1. The van der Waals surface area contributed by atoms with Crippen LogP contribution in [0.1, 0.15) is 36.3 Å². The number of hydrogen-bond acceptors (Lipinski definition) is 5. The maximum Gasteiger partial charge on any atom is 0.225 e. The molecule has 2 saturated heterocycles. The van der Waals surface area contributed by atoms with Crippen LogP contribution in [0.25, 0.3) is 0 Å². The molecule has 2 aromatic rings. The third-order valence-electron chi connectivity index (χ3n) is 5.73. The van der Waals surface area contributed by atoms with E-state index in [1.165, 1.54) is 0 Å². The van der Waals surface area contributed by atoms with Crippen molar-refractivity contribution in [3.63, 3.8) is 0 Å². The fourth-order valence-electron chi connectivity index (χ4n) is 4.05. The van der Waals surface area contributed by atoms with Gasteiger partial charge in [0, 0.05) is 43.9 Å². The summed E-state index contributed by atoms with van der Waals surface area (Å²) in [5.74, 6) is 1.17. The number of carbonyl (C=O) groups excluding carboxylic acids is 1. The van der Waals surface area contributed by atoms with Crippen molar-refractivity contribution >= 4 is 5.91 Å². The topological polar surface area (TPSA) is 74.3 Å². The summed E-state index contributed by atoms with van der Waals surface area (Å²) in [6, 6.07) is 3.99. The number of aromatic nitrogens is 3. The second kappa shape index (κ2) is 7.78. The van der Waals surface area contributed by atoms with Gasteiger partial charge in [-0.1, -0.05) is 6.07 Å². The van der Waals surface area contributed by atoms with Crippen LogP contribution in [-0.4, -0.2) is 62.5 Å². The monoisotopic (exact) mass is 369 g/mol. The summed E-state index contributed by atoms with van der Waals surface area (Å²) in [6.07, 6.45) is 7.77. The molecule has 0 atom stereocenters. The molecule has 0 aromatic carbocycles. The predicted octanol–water partition coefficient (Wildman–Crippen LogP) is 1.90. The number of rotatable bonds is 4. The summed E-state index contributed by atoms with van der Waals surface area (Å²) in [5, 5.41) is 0. The van der Waals surface area contributed by atoms with E-state index in [-0.39, 0.29) is 11.5 Å². The largest absolute Gasteiger partial charge is 0.373 e. The first kappa shape index (κ1) is 18.1. The maximum absolute atomic E-state index is 12.6. The first-order chi connectivity index (χ1) is 13.1. The van der Waals surface area contributed by atoms with Crippen LogP contribution in [0.3, 0.4) is 0 Å². The lowest BCUT2D eigenvalue weighted by Gasteiger charge is -2.42. The van der Waals surface area contributed by atoms with Gasteiger partial charge < -0.3 is 14.6 Å². The third kappa shape index (κ3) is 4.20. The van der Waals surface area contributed by atoms with Crippen molar-refractivity contribution in [2.24, 2.45) is 0 Å². The Labute approximate surface area is 159 Å². The van der Waals surface area contributed by atoms with E-state index in [0.717, 1.165) is 49.6 Å². The second-order valence-corrected chi connectivity index (χ2v) is 7.59. The van der Waals surface area contributed by atoms with Crippen molar-refractivity contribution in [2.75, 3.05) is 26.2 Å². The predicted molar refractivity (Wildman–Crippen MR) is 101 cm³/mol. The minimum absolute atomic E-state index is 0.174. The summed E-state index contributed by atoms with van der Waals surface area (Å²) >= 11 is 0. The smallest absolute Gasteiger partial charge is 0.225 e. The number of pyridine rings is 1. The Kier molecular flexibility index (Phi) is 5.22. The standard InChI is InChI=1S/C20H27N5O2/c1-16-17(3-2-7-21-16)13-25-15-20(27-12-4-19(25)26)5-10-24(11-6-20)14-18-22-8-9-23-18/h2-3,7-9H,4-6,10-15H2,1H3,(H,22,23). The number of piperidine rings is 1. The van der Waals surface area contributed by atoms with Gasteiger partial charge in [-0.15, -0.1) is 0 Å². The molecule has 144 valence electrons. The summed E-state index contributed by atoms with van der Waals surface area (Å²) in [5.41, 5.74) is 1.86. The fraction of sp³-hybridized carbons (Fsp3) is 0.550. The Hall–Kier alpha value is -2.25. The fourth-order valence-corrected chi connectivity index (χ4v) is 4.05. The molecule has 1 amide bonds. The van der Waals surface area contributed by atoms with E-state index in [4.69, 9.17) is 4.74 Å². The van der Waals surface area contributed by atoms with E-state index in [1.54, 1.807) is 12.4 Å². The Morgan fingerprint density at radius 2 is 2.07 bits per heavy atom. The average molecular weight is 369 g/mol. The van der Waals surface area contributed by atoms with Gasteiger partial charge in [-0.05, 0) is 31.4 Å². The van der Waals surface area contributed by atoms with E-state index in [9.17, 15) is 4.79 Å². The van der Waals surface area contributed by atoms with Crippen molar-refractivity contribution in [1.82, 2.24) is 24.8 Å². The first-order valence-corrected chi connectivity index (χ1v) is 9.66. The summed E-state index contributed by atoms with van der Waals surface area (Å²) in [4.78, 5) is 28.8. The van der Waals surface area contributed by atoms with Crippen LogP contribution in [0, 0.1) is 6.92 Å². The first-order valence-electron chi connectivity index (χ1n) is 9.66. The molecule has 0 unspecified atom stereocenters. The number of amides is 1. The van der Waals surface area contributed by atoms with Gasteiger partial charge in [0.2, 0.25) is 5.91 Å². The summed E-state index contributed by atoms with van der Waals surface area (Å²) in [6.45, 7) is 6.52. The third-order valence-corrected chi connectivity index (χ3v) is 5.73. The molecule has 1 N–H and O–H groups in total. The van der Waals surface area contributed by atoms with Crippen LogP contribution in [0.15, 0.2) is 30.7 Å². The van der Waals surface area contributed by atoms with Crippen LogP contribution >= 0.6 is 0 Å². The lowest BCUT2D eigenvalue weighted by molar-refractivity contribution is -0.132. The molecule has 2 aromatic heterocycles. The zero-order valence-electron chi connectivity index (χ0n) is 15.9. The molecule has 27 heavy (non-hydrogen) atoms. The van der Waals surface area contributed by atoms with Crippen molar-refractivity contribution in [3.8, 4) is 0 Å². The number of aromatic amines is 1. The van der Waals surface area contributed by atoms with Crippen LogP contribution < -0.4 is 0 Å². The highest BCUT2D eigenvalue weighted by molar-refractivity contribution is 5.76. The van der Waals surface area contributed by atoms with Crippen LogP contribution in [0.5, 0.6) is 0 Å². The Morgan fingerprint density at radius 3 is 2.81 bits per heavy atom. The van der Waals surface area contributed by atoms with Crippen molar-refractivity contribution < 1.29 is 9.53 Å². The molecule has 4 heterocycles. The van der Waals surface area contributed by atoms with E-state index >= 15 is 0 Å². The van der Waals surface area contributed by atoms with E-state index in [1.807, 2.05) is 24.1 Å². The number of aryl methyl sites for hydroxylation is 1. The van der Waals surface area contributed by atoms with E-state index < -0.39 is 0 Å². The Morgan fingerprint density at radius 1 is 1.22 bits per heavy atom. The van der Waals surface area contributed by atoms with Gasteiger partial charge in [0.25, 0.3) is 0 Å². The van der Waals surface area contributed by atoms with Crippen molar-refractivity contribution in [1.29, 1.82) is 0 Å². The van der Waals surface area contributed by atoms with Crippen LogP contribution in [0.4, 0.5) is 0 Å². The summed E-state index contributed by atoms with van der Waals surface area (Å²) in [7, 11) is 0. The number of nitrogens with zero attached hydrogens (tertiary/aromatic N) is 4. The number of ether oxygens (including phenoxy) is 1.